The number of alkyl halides is 1. The number of imide groups is 1. The summed E-state index contributed by atoms with van der Waals surface area (Å²) in [6, 6.07) is 6.80. The van der Waals surface area contributed by atoms with Gasteiger partial charge in [-0.15, -0.1) is 11.6 Å². The van der Waals surface area contributed by atoms with Gasteiger partial charge in [-0.2, -0.15) is 0 Å². The highest BCUT2D eigenvalue weighted by molar-refractivity contribution is 6.18. The van der Waals surface area contributed by atoms with Crippen LogP contribution in [0.3, 0.4) is 0 Å². The minimum Gasteiger partial charge on any atom is -0.497 e. The largest absolute Gasteiger partial charge is 0.497 e. The van der Waals surface area contributed by atoms with Gasteiger partial charge in [-0.05, 0) is 30.2 Å². The summed E-state index contributed by atoms with van der Waals surface area (Å²) in [6.07, 6.45) is 2.22. The van der Waals surface area contributed by atoms with Crippen LogP contribution in [0.4, 0.5) is 4.79 Å². The second kappa shape index (κ2) is 6.43. The van der Waals surface area contributed by atoms with Crippen LogP contribution in [0.25, 0.3) is 6.08 Å². The van der Waals surface area contributed by atoms with Crippen molar-refractivity contribution in [3.8, 4) is 5.75 Å². The number of ether oxygens (including phenoxy) is 1. The molecule has 0 aliphatic carbocycles. The van der Waals surface area contributed by atoms with E-state index in [2.05, 4.69) is 5.32 Å². The van der Waals surface area contributed by atoms with Gasteiger partial charge in [0.1, 0.15) is 11.4 Å². The highest BCUT2D eigenvalue weighted by Crippen LogP contribution is 2.17. The lowest BCUT2D eigenvalue weighted by Crippen LogP contribution is -2.31. The van der Waals surface area contributed by atoms with E-state index in [1.54, 1.807) is 25.3 Å². The summed E-state index contributed by atoms with van der Waals surface area (Å²) in [4.78, 5) is 24.9. The molecule has 1 fully saturated rings. The maximum atomic E-state index is 12.1. The van der Waals surface area contributed by atoms with Gasteiger partial charge in [-0.3, -0.25) is 9.69 Å². The molecule has 0 saturated carbocycles. The number of carbonyl (C=O) groups excluding carboxylic acids is 2. The van der Waals surface area contributed by atoms with E-state index in [9.17, 15) is 9.59 Å². The third-order valence-corrected chi connectivity index (χ3v) is 3.17. The summed E-state index contributed by atoms with van der Waals surface area (Å²) >= 11 is 5.57. The molecule has 6 heteroatoms. The Balaban J connectivity index is 2.14. The van der Waals surface area contributed by atoms with Gasteiger partial charge in [0.15, 0.2) is 0 Å². The third kappa shape index (κ3) is 3.11. The average molecular weight is 295 g/mol. The molecule has 1 aliphatic heterocycles. The Labute approximate surface area is 122 Å². The van der Waals surface area contributed by atoms with Crippen molar-refractivity contribution in [2.75, 3.05) is 19.5 Å². The molecule has 1 N–H and O–H groups in total. The summed E-state index contributed by atoms with van der Waals surface area (Å²) in [6.45, 7) is 0.327. The molecular formula is C14H15ClN2O3. The minimum atomic E-state index is -0.403. The third-order valence-electron chi connectivity index (χ3n) is 2.90. The minimum absolute atomic E-state index is 0.273. The monoisotopic (exact) mass is 294 g/mol. The smallest absolute Gasteiger partial charge is 0.329 e. The Morgan fingerprint density at radius 2 is 2.00 bits per heavy atom. The van der Waals surface area contributed by atoms with Gasteiger partial charge in [0.2, 0.25) is 0 Å². The molecule has 1 saturated heterocycles. The van der Waals surface area contributed by atoms with Crippen LogP contribution in [0.15, 0.2) is 30.0 Å². The number of hydrogen-bond acceptors (Lipinski definition) is 3. The second-order valence-corrected chi connectivity index (χ2v) is 4.64. The maximum Gasteiger partial charge on any atom is 0.329 e. The Morgan fingerprint density at radius 1 is 1.30 bits per heavy atom. The number of amides is 3. The summed E-state index contributed by atoms with van der Waals surface area (Å²) in [5, 5.41) is 2.56. The van der Waals surface area contributed by atoms with Crippen LogP contribution in [0.1, 0.15) is 12.0 Å². The van der Waals surface area contributed by atoms with E-state index >= 15 is 0 Å². The molecule has 1 aromatic rings. The van der Waals surface area contributed by atoms with Crippen LogP contribution < -0.4 is 10.1 Å². The fourth-order valence-electron chi connectivity index (χ4n) is 1.86. The molecule has 1 aromatic carbocycles. The van der Waals surface area contributed by atoms with Crippen molar-refractivity contribution in [1.29, 1.82) is 0 Å². The van der Waals surface area contributed by atoms with Crippen LogP contribution in [0.5, 0.6) is 5.75 Å². The molecule has 1 aliphatic rings. The highest BCUT2D eigenvalue weighted by Gasteiger charge is 2.32. The van der Waals surface area contributed by atoms with Gasteiger partial charge in [0.25, 0.3) is 5.91 Å². The van der Waals surface area contributed by atoms with Crippen LogP contribution in [-0.4, -0.2) is 36.4 Å². The summed E-state index contributed by atoms with van der Waals surface area (Å²) in [5.74, 6) is 0.822. The van der Waals surface area contributed by atoms with E-state index in [0.29, 0.717) is 18.8 Å². The van der Waals surface area contributed by atoms with Crippen LogP contribution in [0, 0.1) is 0 Å². The number of nitrogens with one attached hydrogen (secondary N) is 1. The van der Waals surface area contributed by atoms with Gasteiger partial charge in [-0.25, -0.2) is 4.79 Å². The average Bonchev–Trinajstić information content (AvgIpc) is 2.72. The zero-order valence-corrected chi connectivity index (χ0v) is 11.8. The number of halogens is 1. The molecule has 0 unspecified atom stereocenters. The molecule has 20 heavy (non-hydrogen) atoms. The van der Waals surface area contributed by atoms with Crippen molar-refractivity contribution in [1.82, 2.24) is 10.2 Å². The number of nitrogens with zero attached hydrogens (tertiary/aromatic N) is 1. The lowest BCUT2D eigenvalue weighted by molar-refractivity contribution is -0.122. The normalized spacial score (nSPS) is 16.7. The Morgan fingerprint density at radius 3 is 2.60 bits per heavy atom. The van der Waals surface area contributed by atoms with Crippen LogP contribution in [0.2, 0.25) is 0 Å². The van der Waals surface area contributed by atoms with E-state index < -0.39 is 6.03 Å². The zero-order valence-electron chi connectivity index (χ0n) is 11.1. The second-order valence-electron chi connectivity index (χ2n) is 4.26. The first kappa shape index (κ1) is 14.4. The van der Waals surface area contributed by atoms with Crippen molar-refractivity contribution in [3.05, 3.63) is 35.5 Å². The number of urea groups is 1. The van der Waals surface area contributed by atoms with Crippen LogP contribution >= 0.6 is 11.6 Å². The number of benzene rings is 1. The van der Waals surface area contributed by atoms with Gasteiger partial charge in [-0.1, -0.05) is 12.1 Å². The Bertz CT molecular complexity index is 540. The van der Waals surface area contributed by atoms with E-state index in [1.807, 2.05) is 12.1 Å². The molecule has 0 atom stereocenters. The molecule has 0 radical (unpaired) electrons. The molecule has 3 amide bonds. The molecule has 0 aromatic heterocycles. The molecule has 1 heterocycles. The number of methoxy groups -OCH3 is 1. The van der Waals surface area contributed by atoms with Gasteiger partial charge in [0.05, 0.1) is 7.11 Å². The molecule has 0 spiro atoms. The van der Waals surface area contributed by atoms with E-state index in [0.717, 1.165) is 16.2 Å². The van der Waals surface area contributed by atoms with Gasteiger partial charge < -0.3 is 10.1 Å². The predicted octanol–water partition coefficient (Wildman–Crippen LogP) is 2.22. The van der Waals surface area contributed by atoms with E-state index in [-0.39, 0.29) is 11.6 Å². The van der Waals surface area contributed by atoms with Gasteiger partial charge >= 0.3 is 6.03 Å². The Hall–Kier alpha value is -2.01. The number of hydrogen-bond donors (Lipinski definition) is 1. The highest BCUT2D eigenvalue weighted by atomic mass is 35.5. The maximum absolute atomic E-state index is 12.1. The van der Waals surface area contributed by atoms with Crippen LogP contribution in [-0.2, 0) is 4.79 Å². The summed E-state index contributed by atoms with van der Waals surface area (Å²) < 4.78 is 5.06. The predicted molar refractivity (Wildman–Crippen MR) is 76.6 cm³/mol. The number of carbonyl (C=O) groups is 2. The Kier molecular flexibility index (Phi) is 4.63. The van der Waals surface area contributed by atoms with Crippen molar-refractivity contribution < 1.29 is 14.3 Å². The standard InChI is InChI=1S/C14H15ClN2O3/c1-20-11-5-3-10(4-6-11)9-12-13(18)17(8-2-7-15)14(19)16-12/h3-6,9H,2,7-8H2,1H3,(H,16,19). The lowest BCUT2D eigenvalue weighted by Gasteiger charge is -2.09. The molecular weight excluding hydrogens is 280 g/mol. The first-order valence-electron chi connectivity index (χ1n) is 6.20. The topological polar surface area (TPSA) is 58.6 Å². The lowest BCUT2D eigenvalue weighted by atomic mass is 10.2. The summed E-state index contributed by atoms with van der Waals surface area (Å²) in [7, 11) is 1.59. The summed E-state index contributed by atoms with van der Waals surface area (Å²) in [5.41, 5.74) is 1.09. The molecule has 106 valence electrons. The molecule has 5 nitrogen and oxygen atoms in total. The fraction of sp³-hybridized carbons (Fsp3) is 0.286. The van der Waals surface area contributed by atoms with Gasteiger partial charge in [0, 0.05) is 12.4 Å². The molecule has 0 bridgehead atoms. The quantitative estimate of drug-likeness (QED) is 0.515. The van der Waals surface area contributed by atoms with Crippen molar-refractivity contribution in [3.63, 3.8) is 0 Å². The van der Waals surface area contributed by atoms with Crippen molar-refractivity contribution in [2.24, 2.45) is 0 Å². The zero-order chi connectivity index (χ0) is 14.5. The number of rotatable bonds is 5. The molecule has 2 rings (SSSR count). The van der Waals surface area contributed by atoms with Crippen molar-refractivity contribution in [2.45, 2.75) is 6.42 Å². The van der Waals surface area contributed by atoms with Crippen molar-refractivity contribution >= 4 is 29.6 Å². The first-order chi connectivity index (χ1) is 9.65. The van der Waals surface area contributed by atoms with E-state index in [4.69, 9.17) is 16.3 Å². The SMILES string of the molecule is COc1ccc(C=C2NC(=O)N(CCCCl)C2=O)cc1. The first-order valence-corrected chi connectivity index (χ1v) is 6.73. The fourth-order valence-corrected chi connectivity index (χ4v) is 1.98. The van der Waals surface area contributed by atoms with E-state index in [1.165, 1.54) is 0 Å².